The van der Waals surface area contributed by atoms with Crippen LogP contribution in [0.5, 0.6) is 5.75 Å². The lowest BCUT2D eigenvalue weighted by molar-refractivity contribution is 0.0945. The molecule has 0 radical (unpaired) electrons. The van der Waals surface area contributed by atoms with Crippen LogP contribution in [0.25, 0.3) is 11.3 Å². The fourth-order valence-electron chi connectivity index (χ4n) is 2.58. The minimum atomic E-state index is -0.441. The summed E-state index contributed by atoms with van der Waals surface area (Å²) in [6.45, 7) is 0.193. The van der Waals surface area contributed by atoms with Crippen LogP contribution in [-0.2, 0) is 6.54 Å². The SMILES string of the molecule is CNC(=O)c1nc(-c2cccc(C(=O)NCc3ccccc3O)c2)cnc1N. The summed E-state index contributed by atoms with van der Waals surface area (Å²) in [4.78, 5) is 32.6. The number of para-hydroxylation sites is 1. The van der Waals surface area contributed by atoms with Gasteiger partial charge in [0.05, 0.1) is 11.9 Å². The molecule has 8 heteroatoms. The van der Waals surface area contributed by atoms with Crippen LogP contribution in [0.2, 0.25) is 0 Å². The van der Waals surface area contributed by atoms with Crippen LogP contribution in [0.3, 0.4) is 0 Å². The van der Waals surface area contributed by atoms with Crippen molar-refractivity contribution in [1.82, 2.24) is 20.6 Å². The molecule has 0 aliphatic heterocycles. The lowest BCUT2D eigenvalue weighted by Gasteiger charge is -2.09. The third kappa shape index (κ3) is 4.07. The highest BCUT2D eigenvalue weighted by molar-refractivity contribution is 5.97. The second-order valence-corrected chi connectivity index (χ2v) is 5.96. The smallest absolute Gasteiger partial charge is 0.273 e. The van der Waals surface area contributed by atoms with Crippen molar-refractivity contribution in [3.63, 3.8) is 0 Å². The molecule has 28 heavy (non-hydrogen) atoms. The fourth-order valence-corrected chi connectivity index (χ4v) is 2.58. The number of benzene rings is 2. The summed E-state index contributed by atoms with van der Waals surface area (Å²) in [7, 11) is 1.48. The molecule has 1 aromatic heterocycles. The van der Waals surface area contributed by atoms with Gasteiger partial charge in [0.1, 0.15) is 5.75 Å². The van der Waals surface area contributed by atoms with E-state index in [0.717, 1.165) is 0 Å². The van der Waals surface area contributed by atoms with Crippen molar-refractivity contribution in [1.29, 1.82) is 0 Å². The van der Waals surface area contributed by atoms with Crippen molar-refractivity contribution in [2.75, 3.05) is 12.8 Å². The molecule has 142 valence electrons. The number of aromatic nitrogens is 2. The first-order chi connectivity index (χ1) is 13.5. The Morgan fingerprint density at radius 2 is 1.89 bits per heavy atom. The number of nitrogens with two attached hydrogens (primary N) is 1. The number of hydrogen-bond donors (Lipinski definition) is 4. The molecule has 0 saturated heterocycles. The van der Waals surface area contributed by atoms with Crippen molar-refractivity contribution in [2.45, 2.75) is 6.54 Å². The molecule has 1 heterocycles. The van der Waals surface area contributed by atoms with E-state index in [1.54, 1.807) is 48.5 Å². The Morgan fingerprint density at radius 3 is 2.64 bits per heavy atom. The Kier molecular flexibility index (Phi) is 5.50. The molecule has 2 amide bonds. The van der Waals surface area contributed by atoms with Crippen LogP contribution in [0, 0.1) is 0 Å². The third-order valence-corrected chi connectivity index (χ3v) is 4.09. The molecular weight excluding hydrogens is 358 g/mol. The summed E-state index contributed by atoms with van der Waals surface area (Å²) in [6.07, 6.45) is 1.45. The highest BCUT2D eigenvalue weighted by Crippen LogP contribution is 2.20. The number of amides is 2. The molecule has 3 aromatic rings. The van der Waals surface area contributed by atoms with E-state index in [-0.39, 0.29) is 29.7 Å². The number of nitrogen functional groups attached to an aromatic ring is 1. The standard InChI is InChI=1S/C20H19N5O3/c1-22-20(28)17-18(21)23-11-15(25-17)12-6-4-7-13(9-12)19(27)24-10-14-5-2-3-8-16(14)26/h2-9,11,26H,10H2,1H3,(H2,21,23)(H,22,28)(H,24,27). The van der Waals surface area contributed by atoms with Gasteiger partial charge in [0.2, 0.25) is 0 Å². The van der Waals surface area contributed by atoms with Crippen molar-refractivity contribution in [2.24, 2.45) is 0 Å². The Bertz CT molecular complexity index is 1040. The zero-order chi connectivity index (χ0) is 20.1. The lowest BCUT2D eigenvalue weighted by atomic mass is 10.1. The van der Waals surface area contributed by atoms with E-state index >= 15 is 0 Å². The predicted octanol–water partition coefficient (Wildman–Crippen LogP) is 1.72. The predicted molar refractivity (Wildman–Crippen MR) is 105 cm³/mol. The summed E-state index contributed by atoms with van der Waals surface area (Å²) in [5.74, 6) is -0.599. The van der Waals surface area contributed by atoms with Crippen molar-refractivity contribution in [3.8, 4) is 17.0 Å². The van der Waals surface area contributed by atoms with Gasteiger partial charge >= 0.3 is 0 Å². The average Bonchev–Trinajstić information content (AvgIpc) is 2.73. The van der Waals surface area contributed by atoms with E-state index in [1.165, 1.54) is 13.2 Å². The van der Waals surface area contributed by atoms with Gasteiger partial charge in [-0.25, -0.2) is 9.97 Å². The molecule has 5 N–H and O–H groups in total. The van der Waals surface area contributed by atoms with E-state index in [9.17, 15) is 14.7 Å². The van der Waals surface area contributed by atoms with E-state index in [2.05, 4.69) is 20.6 Å². The Morgan fingerprint density at radius 1 is 1.11 bits per heavy atom. The molecule has 0 bridgehead atoms. The third-order valence-electron chi connectivity index (χ3n) is 4.09. The molecule has 0 saturated carbocycles. The molecule has 0 atom stereocenters. The molecule has 0 unspecified atom stereocenters. The van der Waals surface area contributed by atoms with Crippen LogP contribution >= 0.6 is 0 Å². The zero-order valence-electron chi connectivity index (χ0n) is 15.1. The number of rotatable bonds is 5. The number of phenolic OH excluding ortho intramolecular Hbond substituents is 1. The minimum absolute atomic E-state index is 0.0226. The van der Waals surface area contributed by atoms with Gasteiger partial charge < -0.3 is 21.5 Å². The second kappa shape index (κ2) is 8.17. The number of carbonyl (C=O) groups excluding carboxylic acids is 2. The van der Waals surface area contributed by atoms with Gasteiger partial charge in [-0.1, -0.05) is 30.3 Å². The van der Waals surface area contributed by atoms with Crippen molar-refractivity contribution >= 4 is 17.6 Å². The molecule has 0 spiro atoms. The summed E-state index contributed by atoms with van der Waals surface area (Å²) < 4.78 is 0. The van der Waals surface area contributed by atoms with E-state index in [0.29, 0.717) is 22.4 Å². The summed E-state index contributed by atoms with van der Waals surface area (Å²) in [5.41, 5.74) is 7.80. The number of nitrogens with zero attached hydrogens (tertiary/aromatic N) is 2. The fraction of sp³-hybridized carbons (Fsp3) is 0.100. The van der Waals surface area contributed by atoms with E-state index in [1.807, 2.05) is 0 Å². The largest absolute Gasteiger partial charge is 0.508 e. The topological polar surface area (TPSA) is 130 Å². The highest BCUT2D eigenvalue weighted by Gasteiger charge is 2.14. The van der Waals surface area contributed by atoms with Crippen LogP contribution in [0.4, 0.5) is 5.82 Å². The first-order valence-corrected chi connectivity index (χ1v) is 8.49. The highest BCUT2D eigenvalue weighted by atomic mass is 16.3. The maximum Gasteiger partial charge on any atom is 0.273 e. The average molecular weight is 377 g/mol. The normalized spacial score (nSPS) is 10.3. The molecular formula is C20H19N5O3. The van der Waals surface area contributed by atoms with Crippen LogP contribution in [-0.4, -0.2) is 33.9 Å². The molecule has 3 rings (SSSR count). The van der Waals surface area contributed by atoms with Gasteiger partial charge in [-0.2, -0.15) is 0 Å². The summed E-state index contributed by atoms with van der Waals surface area (Å²) in [6, 6.07) is 13.6. The number of anilines is 1. The first kappa shape index (κ1) is 18.8. The van der Waals surface area contributed by atoms with E-state index < -0.39 is 5.91 Å². The summed E-state index contributed by atoms with van der Waals surface area (Å²) in [5, 5.41) is 15.0. The zero-order valence-corrected chi connectivity index (χ0v) is 15.1. The number of carbonyl (C=O) groups is 2. The minimum Gasteiger partial charge on any atom is -0.508 e. The Hall–Kier alpha value is -3.94. The van der Waals surface area contributed by atoms with Gasteiger partial charge in [-0.3, -0.25) is 9.59 Å². The number of hydrogen-bond acceptors (Lipinski definition) is 6. The molecule has 0 aliphatic rings. The number of nitrogens with one attached hydrogen (secondary N) is 2. The maximum absolute atomic E-state index is 12.5. The van der Waals surface area contributed by atoms with Gasteiger partial charge in [0, 0.05) is 30.3 Å². The maximum atomic E-state index is 12.5. The first-order valence-electron chi connectivity index (χ1n) is 8.49. The monoisotopic (exact) mass is 377 g/mol. The van der Waals surface area contributed by atoms with Gasteiger partial charge in [-0.15, -0.1) is 0 Å². The number of aromatic hydroxyl groups is 1. The summed E-state index contributed by atoms with van der Waals surface area (Å²) >= 11 is 0. The van der Waals surface area contributed by atoms with Gasteiger partial charge in [-0.05, 0) is 18.2 Å². The number of phenols is 1. The molecule has 8 nitrogen and oxygen atoms in total. The van der Waals surface area contributed by atoms with E-state index in [4.69, 9.17) is 5.73 Å². The van der Waals surface area contributed by atoms with Crippen LogP contribution in [0.1, 0.15) is 26.4 Å². The van der Waals surface area contributed by atoms with Gasteiger partial charge in [0.25, 0.3) is 11.8 Å². The Labute approximate surface area is 161 Å². The molecule has 2 aromatic carbocycles. The molecule has 0 aliphatic carbocycles. The van der Waals surface area contributed by atoms with Crippen LogP contribution < -0.4 is 16.4 Å². The van der Waals surface area contributed by atoms with Crippen molar-refractivity contribution < 1.29 is 14.7 Å². The van der Waals surface area contributed by atoms with Gasteiger partial charge in [0.15, 0.2) is 11.5 Å². The van der Waals surface area contributed by atoms with Crippen LogP contribution in [0.15, 0.2) is 54.7 Å². The quantitative estimate of drug-likeness (QED) is 0.536. The lowest BCUT2D eigenvalue weighted by Crippen LogP contribution is -2.23. The van der Waals surface area contributed by atoms with Crippen molar-refractivity contribution in [3.05, 3.63) is 71.5 Å². The molecule has 0 fully saturated rings. The second-order valence-electron chi connectivity index (χ2n) is 5.96. The Balaban J connectivity index is 1.81.